The molecule has 1 aromatic carbocycles. The van der Waals surface area contributed by atoms with Crippen molar-refractivity contribution in [3.8, 4) is 11.5 Å². The molecular formula is C14H19NO4. The van der Waals surface area contributed by atoms with Crippen molar-refractivity contribution in [3.63, 3.8) is 0 Å². The van der Waals surface area contributed by atoms with Crippen LogP contribution < -0.4 is 14.4 Å². The molecule has 1 aromatic rings. The second kappa shape index (κ2) is 5.93. The zero-order valence-corrected chi connectivity index (χ0v) is 11.3. The molecule has 1 aliphatic rings. The number of unbranched alkanes of at least 4 members (excludes halogenated alkanes) is 1. The van der Waals surface area contributed by atoms with Gasteiger partial charge in [-0.1, -0.05) is 13.3 Å². The summed E-state index contributed by atoms with van der Waals surface area (Å²) in [6, 6.07) is 3.51. The fourth-order valence-corrected chi connectivity index (χ4v) is 2.14. The Hall–Kier alpha value is -1.75. The van der Waals surface area contributed by atoms with Gasteiger partial charge in [0, 0.05) is 6.54 Å². The largest absolute Gasteiger partial charge is 0.493 e. The molecule has 0 aliphatic carbocycles. The Morgan fingerprint density at radius 3 is 2.89 bits per heavy atom. The highest BCUT2D eigenvalue weighted by molar-refractivity contribution is 5.98. The topological polar surface area (TPSA) is 59.0 Å². The van der Waals surface area contributed by atoms with Gasteiger partial charge in [0.25, 0.3) is 5.91 Å². The Bertz CT molecular complexity index is 473. The van der Waals surface area contributed by atoms with E-state index in [1.54, 1.807) is 24.1 Å². The smallest absolute Gasteiger partial charge is 0.265 e. The molecule has 0 saturated carbocycles. The number of fused-ring (bicyclic) bond motifs is 1. The normalized spacial score (nSPS) is 14.1. The number of hydrogen-bond donors (Lipinski definition) is 1. The zero-order chi connectivity index (χ0) is 13.8. The summed E-state index contributed by atoms with van der Waals surface area (Å²) < 4.78 is 10.7. The van der Waals surface area contributed by atoms with Crippen molar-refractivity contribution >= 4 is 11.6 Å². The summed E-state index contributed by atoms with van der Waals surface area (Å²) in [6.45, 7) is 2.67. The third-order valence-corrected chi connectivity index (χ3v) is 3.16. The monoisotopic (exact) mass is 265 g/mol. The van der Waals surface area contributed by atoms with Gasteiger partial charge in [-0.15, -0.1) is 0 Å². The Kier molecular flexibility index (Phi) is 4.27. The lowest BCUT2D eigenvalue weighted by Gasteiger charge is -2.30. The van der Waals surface area contributed by atoms with Gasteiger partial charge >= 0.3 is 0 Å². The minimum absolute atomic E-state index is 0.0333. The van der Waals surface area contributed by atoms with Gasteiger partial charge in [-0.05, 0) is 24.1 Å². The maximum absolute atomic E-state index is 12.0. The molecule has 0 fully saturated rings. The molecule has 1 heterocycles. The number of methoxy groups -OCH3 is 1. The maximum Gasteiger partial charge on any atom is 0.265 e. The van der Waals surface area contributed by atoms with Crippen molar-refractivity contribution in [2.24, 2.45) is 0 Å². The Morgan fingerprint density at radius 2 is 2.26 bits per heavy atom. The third kappa shape index (κ3) is 2.66. The van der Waals surface area contributed by atoms with Crippen molar-refractivity contribution in [2.45, 2.75) is 26.4 Å². The molecular weight excluding hydrogens is 246 g/mol. The van der Waals surface area contributed by atoms with Crippen LogP contribution in [0.4, 0.5) is 5.69 Å². The molecule has 2 rings (SSSR count). The molecule has 0 aromatic heterocycles. The maximum atomic E-state index is 12.0. The number of ether oxygens (including phenoxy) is 2. The van der Waals surface area contributed by atoms with E-state index < -0.39 is 0 Å². The predicted octanol–water partition coefficient (Wildman–Crippen LogP) is 1.71. The minimum atomic E-state index is -0.0978. The van der Waals surface area contributed by atoms with Crippen molar-refractivity contribution in [1.82, 2.24) is 0 Å². The number of anilines is 1. The molecule has 0 radical (unpaired) electrons. The van der Waals surface area contributed by atoms with Crippen LogP contribution >= 0.6 is 0 Å². The Labute approximate surface area is 112 Å². The summed E-state index contributed by atoms with van der Waals surface area (Å²) in [4.78, 5) is 13.7. The number of amides is 1. The molecule has 1 aliphatic heterocycles. The highest BCUT2D eigenvalue weighted by Gasteiger charge is 2.28. The van der Waals surface area contributed by atoms with Gasteiger partial charge in [0.2, 0.25) is 0 Å². The third-order valence-electron chi connectivity index (χ3n) is 3.16. The number of carbonyl (C=O) groups is 1. The van der Waals surface area contributed by atoms with Gasteiger partial charge in [-0.2, -0.15) is 0 Å². The predicted molar refractivity (Wildman–Crippen MR) is 71.7 cm³/mol. The van der Waals surface area contributed by atoms with Gasteiger partial charge in [-0.25, -0.2) is 0 Å². The zero-order valence-electron chi connectivity index (χ0n) is 11.3. The second-order valence-electron chi connectivity index (χ2n) is 4.49. The molecule has 19 heavy (non-hydrogen) atoms. The van der Waals surface area contributed by atoms with Crippen molar-refractivity contribution < 1.29 is 19.4 Å². The van der Waals surface area contributed by atoms with E-state index in [-0.39, 0.29) is 19.1 Å². The van der Waals surface area contributed by atoms with Crippen LogP contribution in [-0.2, 0) is 11.4 Å². The Balaban J connectivity index is 2.44. The first-order valence-corrected chi connectivity index (χ1v) is 6.46. The van der Waals surface area contributed by atoms with E-state index in [9.17, 15) is 9.90 Å². The van der Waals surface area contributed by atoms with Crippen LogP contribution in [0.1, 0.15) is 25.3 Å². The molecule has 1 amide bonds. The first kappa shape index (κ1) is 13.7. The summed E-state index contributed by atoms with van der Waals surface area (Å²) in [7, 11) is 1.55. The summed E-state index contributed by atoms with van der Waals surface area (Å²) in [5, 5.41) is 9.29. The highest BCUT2D eigenvalue weighted by Crippen LogP contribution is 2.41. The molecule has 5 heteroatoms. The van der Waals surface area contributed by atoms with Crippen LogP contribution in [0, 0.1) is 0 Å². The average molecular weight is 265 g/mol. The lowest BCUT2D eigenvalue weighted by molar-refractivity contribution is -0.121. The van der Waals surface area contributed by atoms with Crippen molar-refractivity contribution in [3.05, 3.63) is 17.7 Å². The fourth-order valence-electron chi connectivity index (χ4n) is 2.14. The van der Waals surface area contributed by atoms with E-state index in [1.165, 1.54) is 0 Å². The molecule has 0 atom stereocenters. The van der Waals surface area contributed by atoms with Crippen LogP contribution in [0.2, 0.25) is 0 Å². The molecule has 0 saturated heterocycles. The summed E-state index contributed by atoms with van der Waals surface area (Å²) in [5.74, 6) is 1.07. The van der Waals surface area contributed by atoms with E-state index in [1.807, 2.05) is 0 Å². The van der Waals surface area contributed by atoms with E-state index >= 15 is 0 Å². The van der Waals surface area contributed by atoms with Crippen LogP contribution in [0.15, 0.2) is 12.1 Å². The average Bonchev–Trinajstić information content (AvgIpc) is 2.44. The number of aliphatic hydroxyl groups is 1. The Morgan fingerprint density at radius 1 is 1.47 bits per heavy atom. The van der Waals surface area contributed by atoms with Gasteiger partial charge in [-0.3, -0.25) is 4.79 Å². The lowest BCUT2D eigenvalue weighted by Crippen LogP contribution is -2.39. The molecule has 0 bridgehead atoms. The number of rotatable bonds is 5. The van der Waals surface area contributed by atoms with E-state index in [0.29, 0.717) is 29.3 Å². The quantitative estimate of drug-likeness (QED) is 0.880. The standard InChI is InChI=1S/C14H19NO4/c1-3-4-5-15-11-6-10(8-16)7-12(18-2)14(11)19-9-13(15)17/h6-7,16H,3-5,8-9H2,1-2H3. The summed E-state index contributed by atoms with van der Waals surface area (Å²) >= 11 is 0. The van der Waals surface area contributed by atoms with Crippen molar-refractivity contribution in [2.75, 3.05) is 25.2 Å². The SMILES string of the molecule is CCCCN1C(=O)COc2c(OC)cc(CO)cc21. The van der Waals surface area contributed by atoms with Crippen LogP contribution in [0.5, 0.6) is 11.5 Å². The molecule has 0 unspecified atom stereocenters. The van der Waals surface area contributed by atoms with Crippen LogP contribution in [-0.4, -0.2) is 31.3 Å². The summed E-state index contributed by atoms with van der Waals surface area (Å²) in [5.41, 5.74) is 1.39. The first-order chi connectivity index (χ1) is 9.21. The lowest BCUT2D eigenvalue weighted by atomic mass is 10.1. The van der Waals surface area contributed by atoms with Crippen molar-refractivity contribution in [1.29, 1.82) is 0 Å². The summed E-state index contributed by atoms with van der Waals surface area (Å²) in [6.07, 6.45) is 1.94. The molecule has 1 N–H and O–H groups in total. The molecule has 5 nitrogen and oxygen atoms in total. The van der Waals surface area contributed by atoms with E-state index in [0.717, 1.165) is 12.8 Å². The van der Waals surface area contributed by atoms with Crippen LogP contribution in [0.25, 0.3) is 0 Å². The number of carbonyl (C=O) groups excluding carboxylic acids is 1. The minimum Gasteiger partial charge on any atom is -0.493 e. The fraction of sp³-hybridized carbons (Fsp3) is 0.500. The number of aliphatic hydroxyl groups excluding tert-OH is 1. The van der Waals surface area contributed by atoms with Gasteiger partial charge < -0.3 is 19.5 Å². The van der Waals surface area contributed by atoms with E-state index in [4.69, 9.17) is 9.47 Å². The first-order valence-electron chi connectivity index (χ1n) is 6.46. The van der Waals surface area contributed by atoms with Crippen LogP contribution in [0.3, 0.4) is 0 Å². The second-order valence-corrected chi connectivity index (χ2v) is 4.49. The number of hydrogen-bond acceptors (Lipinski definition) is 4. The van der Waals surface area contributed by atoms with Gasteiger partial charge in [0.1, 0.15) is 0 Å². The number of benzene rings is 1. The highest BCUT2D eigenvalue weighted by atomic mass is 16.5. The van der Waals surface area contributed by atoms with Gasteiger partial charge in [0.15, 0.2) is 18.1 Å². The molecule has 0 spiro atoms. The van der Waals surface area contributed by atoms with Gasteiger partial charge in [0.05, 0.1) is 19.4 Å². The van der Waals surface area contributed by atoms with E-state index in [2.05, 4.69) is 6.92 Å². The number of nitrogens with zero attached hydrogens (tertiary/aromatic N) is 1. The molecule has 104 valence electrons.